The van der Waals surface area contributed by atoms with Crippen molar-refractivity contribution in [2.75, 3.05) is 46.8 Å². The average Bonchev–Trinajstić information content (AvgIpc) is 2.80. The molecule has 1 N–H and O–H groups in total. The number of nitrogens with zero attached hydrogens (tertiary/aromatic N) is 3. The second-order valence-corrected chi connectivity index (χ2v) is 7.00. The lowest BCUT2D eigenvalue weighted by atomic mass is 10.1. The van der Waals surface area contributed by atoms with E-state index in [0.29, 0.717) is 31.2 Å². The van der Waals surface area contributed by atoms with Gasteiger partial charge in [-0.1, -0.05) is 29.8 Å². The number of benzene rings is 1. The van der Waals surface area contributed by atoms with Gasteiger partial charge in [-0.15, -0.1) is 0 Å². The fourth-order valence-electron chi connectivity index (χ4n) is 2.85. The third kappa shape index (κ3) is 5.61. The molecule has 2 rings (SSSR count). The summed E-state index contributed by atoms with van der Waals surface area (Å²) in [6.07, 6.45) is 0.856. The first-order valence-corrected chi connectivity index (χ1v) is 8.98. The number of hydrogen-bond donors (Lipinski definition) is 1. The van der Waals surface area contributed by atoms with Crippen molar-refractivity contribution >= 4 is 23.5 Å². The maximum atomic E-state index is 12.6. The Morgan fingerprint density at radius 1 is 1.20 bits per heavy atom. The number of halogens is 1. The van der Waals surface area contributed by atoms with Crippen molar-refractivity contribution in [1.29, 1.82) is 0 Å². The molecule has 1 unspecified atom stereocenters. The smallest absolute Gasteiger partial charge is 0.317 e. The Morgan fingerprint density at radius 3 is 2.60 bits per heavy atom. The number of amides is 3. The average molecular weight is 367 g/mol. The van der Waals surface area contributed by atoms with Crippen molar-refractivity contribution in [2.24, 2.45) is 0 Å². The van der Waals surface area contributed by atoms with Gasteiger partial charge in [0.1, 0.15) is 0 Å². The molecule has 0 radical (unpaired) electrons. The summed E-state index contributed by atoms with van der Waals surface area (Å²) in [5.74, 6) is 0.0882. The van der Waals surface area contributed by atoms with Crippen LogP contribution in [0.1, 0.15) is 24.9 Å². The number of carbonyl (C=O) groups is 2. The predicted molar refractivity (Wildman–Crippen MR) is 99.7 cm³/mol. The topological polar surface area (TPSA) is 55.9 Å². The molecule has 1 saturated heterocycles. The molecule has 0 aliphatic carbocycles. The summed E-state index contributed by atoms with van der Waals surface area (Å²) < 4.78 is 0. The zero-order chi connectivity index (χ0) is 18.4. The summed E-state index contributed by atoms with van der Waals surface area (Å²) >= 11 is 6.20. The molecule has 0 spiro atoms. The minimum absolute atomic E-state index is 0.0882. The number of likely N-dealkylation sites (N-methyl/N-ethyl adjacent to an activating group) is 1. The normalized spacial score (nSPS) is 16.9. The van der Waals surface area contributed by atoms with Crippen molar-refractivity contribution in [1.82, 2.24) is 20.0 Å². The molecular weight excluding hydrogens is 340 g/mol. The standard InChI is InChI=1S/C18H27ClN4O2/c1-14(15-7-4-5-8-16(15)19)20-18(25)23-10-6-9-22(11-12-23)13-17(24)21(2)3/h4-5,7-8,14H,6,9-13H2,1-3H3,(H,20,25). The first kappa shape index (κ1) is 19.5. The fourth-order valence-corrected chi connectivity index (χ4v) is 3.14. The highest BCUT2D eigenvalue weighted by molar-refractivity contribution is 6.31. The molecule has 7 heteroatoms. The van der Waals surface area contributed by atoms with Crippen LogP contribution in [0.25, 0.3) is 0 Å². The maximum Gasteiger partial charge on any atom is 0.317 e. The van der Waals surface area contributed by atoms with Crippen LogP contribution in [0.2, 0.25) is 5.02 Å². The van der Waals surface area contributed by atoms with Crippen LogP contribution in [0, 0.1) is 0 Å². The molecule has 1 heterocycles. The Hall–Kier alpha value is -1.79. The molecule has 138 valence electrons. The first-order valence-electron chi connectivity index (χ1n) is 8.61. The second kappa shape index (κ2) is 9.06. The molecule has 1 aromatic rings. The van der Waals surface area contributed by atoms with Crippen LogP contribution >= 0.6 is 11.6 Å². The number of carbonyl (C=O) groups excluding carboxylic acids is 2. The molecule has 1 fully saturated rings. The van der Waals surface area contributed by atoms with Crippen molar-refractivity contribution in [3.05, 3.63) is 34.9 Å². The van der Waals surface area contributed by atoms with E-state index >= 15 is 0 Å². The number of nitrogens with one attached hydrogen (secondary N) is 1. The number of rotatable bonds is 4. The first-order chi connectivity index (χ1) is 11.9. The maximum absolute atomic E-state index is 12.6. The van der Waals surface area contributed by atoms with Crippen LogP contribution in [0.3, 0.4) is 0 Å². The zero-order valence-corrected chi connectivity index (χ0v) is 15.9. The van der Waals surface area contributed by atoms with Crippen molar-refractivity contribution in [3.63, 3.8) is 0 Å². The van der Waals surface area contributed by atoms with Gasteiger partial charge in [0.2, 0.25) is 5.91 Å². The van der Waals surface area contributed by atoms with E-state index in [1.165, 1.54) is 0 Å². The van der Waals surface area contributed by atoms with E-state index in [1.54, 1.807) is 19.0 Å². The summed E-state index contributed by atoms with van der Waals surface area (Å²) in [5.41, 5.74) is 0.908. The fraction of sp³-hybridized carbons (Fsp3) is 0.556. The van der Waals surface area contributed by atoms with E-state index < -0.39 is 0 Å². The Labute approximate surface area is 154 Å². The van der Waals surface area contributed by atoms with Gasteiger partial charge >= 0.3 is 6.03 Å². The third-order valence-corrected chi connectivity index (χ3v) is 4.79. The molecule has 1 atom stereocenters. The van der Waals surface area contributed by atoms with Crippen LogP contribution in [0.4, 0.5) is 4.79 Å². The van der Waals surface area contributed by atoms with E-state index in [-0.39, 0.29) is 18.0 Å². The van der Waals surface area contributed by atoms with Gasteiger partial charge in [-0.05, 0) is 25.0 Å². The Balaban J connectivity index is 1.88. The zero-order valence-electron chi connectivity index (χ0n) is 15.2. The SMILES string of the molecule is CC(NC(=O)N1CCCN(CC(=O)N(C)C)CC1)c1ccccc1Cl. The van der Waals surface area contributed by atoms with Gasteiger partial charge in [-0.2, -0.15) is 0 Å². The van der Waals surface area contributed by atoms with Crippen molar-refractivity contribution < 1.29 is 9.59 Å². The van der Waals surface area contributed by atoms with Crippen LogP contribution in [0.5, 0.6) is 0 Å². The van der Waals surface area contributed by atoms with Gasteiger partial charge in [0.15, 0.2) is 0 Å². The second-order valence-electron chi connectivity index (χ2n) is 6.60. The highest BCUT2D eigenvalue weighted by Crippen LogP contribution is 2.22. The van der Waals surface area contributed by atoms with Crippen molar-refractivity contribution in [2.45, 2.75) is 19.4 Å². The molecule has 6 nitrogen and oxygen atoms in total. The largest absolute Gasteiger partial charge is 0.348 e. The van der Waals surface area contributed by atoms with Gasteiger partial charge in [0.05, 0.1) is 12.6 Å². The lowest BCUT2D eigenvalue weighted by Crippen LogP contribution is -2.43. The lowest BCUT2D eigenvalue weighted by Gasteiger charge is -2.25. The number of urea groups is 1. The quantitative estimate of drug-likeness (QED) is 0.888. The summed E-state index contributed by atoms with van der Waals surface area (Å²) in [6, 6.07) is 7.29. The lowest BCUT2D eigenvalue weighted by molar-refractivity contribution is -0.129. The van der Waals surface area contributed by atoms with Crippen LogP contribution in [0.15, 0.2) is 24.3 Å². The van der Waals surface area contributed by atoms with E-state index in [0.717, 1.165) is 18.5 Å². The minimum Gasteiger partial charge on any atom is -0.348 e. The summed E-state index contributed by atoms with van der Waals surface area (Å²) in [5, 5.41) is 3.67. The molecule has 1 aromatic carbocycles. The highest BCUT2D eigenvalue weighted by atomic mass is 35.5. The Kier molecular flexibility index (Phi) is 7.08. The monoisotopic (exact) mass is 366 g/mol. The van der Waals surface area contributed by atoms with E-state index in [2.05, 4.69) is 10.2 Å². The van der Waals surface area contributed by atoms with Gasteiger partial charge < -0.3 is 15.1 Å². The molecule has 0 saturated carbocycles. The summed E-state index contributed by atoms with van der Waals surface area (Å²) in [6.45, 7) is 5.16. The Bertz CT molecular complexity index is 608. The van der Waals surface area contributed by atoms with E-state index in [4.69, 9.17) is 11.6 Å². The van der Waals surface area contributed by atoms with Gasteiger partial charge in [0.25, 0.3) is 0 Å². The summed E-state index contributed by atoms with van der Waals surface area (Å²) in [4.78, 5) is 29.9. The highest BCUT2D eigenvalue weighted by Gasteiger charge is 2.22. The van der Waals surface area contributed by atoms with E-state index in [1.807, 2.05) is 36.1 Å². The third-order valence-electron chi connectivity index (χ3n) is 4.45. The minimum atomic E-state index is -0.157. The number of hydrogen-bond acceptors (Lipinski definition) is 3. The molecular formula is C18H27ClN4O2. The van der Waals surface area contributed by atoms with Gasteiger partial charge in [-0.3, -0.25) is 9.69 Å². The molecule has 0 aromatic heterocycles. The molecule has 1 aliphatic heterocycles. The molecule has 0 bridgehead atoms. The van der Waals surface area contributed by atoms with Crippen molar-refractivity contribution in [3.8, 4) is 0 Å². The van der Waals surface area contributed by atoms with E-state index in [9.17, 15) is 9.59 Å². The molecule has 1 aliphatic rings. The predicted octanol–water partition coefficient (Wildman–Crippen LogP) is 2.21. The summed E-state index contributed by atoms with van der Waals surface area (Å²) in [7, 11) is 3.52. The molecule has 3 amide bonds. The Morgan fingerprint density at radius 2 is 1.92 bits per heavy atom. The van der Waals surface area contributed by atoms with Gasteiger partial charge in [-0.25, -0.2) is 4.79 Å². The van der Waals surface area contributed by atoms with Gasteiger partial charge in [0, 0.05) is 45.3 Å². The van der Waals surface area contributed by atoms with Crippen LogP contribution < -0.4 is 5.32 Å². The molecule has 25 heavy (non-hydrogen) atoms. The van der Waals surface area contributed by atoms with Crippen LogP contribution in [-0.4, -0.2) is 73.5 Å². The van der Waals surface area contributed by atoms with Crippen LogP contribution in [-0.2, 0) is 4.79 Å².